The molecule has 1 nitrogen and oxygen atoms in total. The fraction of sp³-hybridized carbons (Fsp3) is 0.500. The molecule has 0 radical (unpaired) electrons. The van der Waals surface area contributed by atoms with Gasteiger partial charge in [0.2, 0.25) is 0 Å². The standard InChI is InChI=1S/C12H19N/c1-4-12(2,3)11-7-5-6-10(8-11)9-13/h5-8H,4,9,13H2,1-3H3. The summed E-state index contributed by atoms with van der Waals surface area (Å²) in [5.41, 5.74) is 8.48. The van der Waals surface area contributed by atoms with E-state index < -0.39 is 0 Å². The molecule has 1 heteroatoms. The summed E-state index contributed by atoms with van der Waals surface area (Å²) < 4.78 is 0. The highest BCUT2D eigenvalue weighted by atomic mass is 14.5. The van der Waals surface area contributed by atoms with Crippen molar-refractivity contribution in [2.45, 2.75) is 39.2 Å². The van der Waals surface area contributed by atoms with Gasteiger partial charge in [-0.1, -0.05) is 45.0 Å². The Hall–Kier alpha value is -0.820. The Bertz CT molecular complexity index is 276. The molecule has 0 aromatic heterocycles. The van der Waals surface area contributed by atoms with Gasteiger partial charge in [-0.25, -0.2) is 0 Å². The van der Waals surface area contributed by atoms with Gasteiger partial charge < -0.3 is 5.73 Å². The summed E-state index contributed by atoms with van der Waals surface area (Å²) in [6.07, 6.45) is 1.15. The summed E-state index contributed by atoms with van der Waals surface area (Å²) in [4.78, 5) is 0. The van der Waals surface area contributed by atoms with E-state index in [1.54, 1.807) is 0 Å². The number of nitrogens with two attached hydrogens (primary N) is 1. The van der Waals surface area contributed by atoms with Crippen LogP contribution < -0.4 is 5.73 Å². The summed E-state index contributed by atoms with van der Waals surface area (Å²) in [6, 6.07) is 8.57. The first-order valence-corrected chi connectivity index (χ1v) is 4.89. The lowest BCUT2D eigenvalue weighted by atomic mass is 9.82. The summed E-state index contributed by atoms with van der Waals surface area (Å²) in [5, 5.41) is 0. The van der Waals surface area contributed by atoms with Crippen LogP contribution in [0.4, 0.5) is 0 Å². The maximum Gasteiger partial charge on any atom is 0.0178 e. The molecule has 0 spiro atoms. The first-order chi connectivity index (χ1) is 6.10. The summed E-state index contributed by atoms with van der Waals surface area (Å²) >= 11 is 0. The molecule has 1 aromatic carbocycles. The van der Waals surface area contributed by atoms with E-state index in [1.165, 1.54) is 11.1 Å². The molecule has 0 aliphatic carbocycles. The molecule has 0 saturated heterocycles. The van der Waals surface area contributed by atoms with Crippen molar-refractivity contribution < 1.29 is 0 Å². The van der Waals surface area contributed by atoms with Gasteiger partial charge in [0.1, 0.15) is 0 Å². The summed E-state index contributed by atoms with van der Waals surface area (Å²) in [7, 11) is 0. The highest BCUT2D eigenvalue weighted by Crippen LogP contribution is 2.26. The topological polar surface area (TPSA) is 26.0 Å². The fourth-order valence-electron chi connectivity index (χ4n) is 1.32. The molecule has 0 bridgehead atoms. The predicted molar refractivity (Wildman–Crippen MR) is 57.7 cm³/mol. The Labute approximate surface area is 81.0 Å². The smallest absolute Gasteiger partial charge is 0.0178 e. The zero-order chi connectivity index (χ0) is 9.90. The van der Waals surface area contributed by atoms with Crippen molar-refractivity contribution in [2.24, 2.45) is 5.73 Å². The number of rotatable bonds is 3. The zero-order valence-electron chi connectivity index (χ0n) is 8.80. The molecule has 0 heterocycles. The molecular weight excluding hydrogens is 158 g/mol. The monoisotopic (exact) mass is 177 g/mol. The Morgan fingerprint density at radius 3 is 2.54 bits per heavy atom. The van der Waals surface area contributed by atoms with Crippen LogP contribution in [0.5, 0.6) is 0 Å². The molecular formula is C12H19N. The maximum absolute atomic E-state index is 5.60. The van der Waals surface area contributed by atoms with Crippen LogP contribution in [0.2, 0.25) is 0 Å². The Kier molecular flexibility index (Phi) is 3.10. The van der Waals surface area contributed by atoms with Gasteiger partial charge >= 0.3 is 0 Å². The molecule has 0 fully saturated rings. The number of benzene rings is 1. The quantitative estimate of drug-likeness (QED) is 0.755. The molecule has 72 valence electrons. The highest BCUT2D eigenvalue weighted by molar-refractivity contribution is 5.28. The average Bonchev–Trinajstić information content (AvgIpc) is 2.18. The minimum atomic E-state index is 0.269. The van der Waals surface area contributed by atoms with Crippen molar-refractivity contribution >= 4 is 0 Å². The van der Waals surface area contributed by atoms with Crippen molar-refractivity contribution in [1.29, 1.82) is 0 Å². The SMILES string of the molecule is CCC(C)(C)c1cccc(CN)c1. The maximum atomic E-state index is 5.60. The van der Waals surface area contributed by atoms with E-state index in [2.05, 4.69) is 45.0 Å². The number of hydrogen-bond acceptors (Lipinski definition) is 1. The van der Waals surface area contributed by atoms with Gasteiger partial charge in [0.15, 0.2) is 0 Å². The van der Waals surface area contributed by atoms with Crippen LogP contribution in [0.25, 0.3) is 0 Å². The first-order valence-electron chi connectivity index (χ1n) is 4.89. The van der Waals surface area contributed by atoms with E-state index in [4.69, 9.17) is 5.73 Å². The van der Waals surface area contributed by atoms with Crippen molar-refractivity contribution in [2.75, 3.05) is 0 Å². The molecule has 1 rings (SSSR count). The van der Waals surface area contributed by atoms with Crippen molar-refractivity contribution in [3.63, 3.8) is 0 Å². The lowest BCUT2D eigenvalue weighted by Crippen LogP contribution is -2.15. The first kappa shape index (κ1) is 10.3. The molecule has 13 heavy (non-hydrogen) atoms. The molecule has 0 atom stereocenters. The largest absolute Gasteiger partial charge is 0.326 e. The predicted octanol–water partition coefficient (Wildman–Crippen LogP) is 2.83. The van der Waals surface area contributed by atoms with Crippen molar-refractivity contribution in [1.82, 2.24) is 0 Å². The van der Waals surface area contributed by atoms with Crippen LogP contribution >= 0.6 is 0 Å². The molecule has 0 aliphatic rings. The lowest BCUT2D eigenvalue weighted by Gasteiger charge is -2.23. The third-order valence-corrected chi connectivity index (χ3v) is 2.83. The zero-order valence-corrected chi connectivity index (χ0v) is 8.80. The second-order valence-electron chi connectivity index (χ2n) is 4.14. The second kappa shape index (κ2) is 3.93. The molecule has 2 N–H and O–H groups in total. The minimum Gasteiger partial charge on any atom is -0.326 e. The van der Waals surface area contributed by atoms with Crippen LogP contribution in [0.15, 0.2) is 24.3 Å². The summed E-state index contributed by atoms with van der Waals surface area (Å²) in [5.74, 6) is 0. The van der Waals surface area contributed by atoms with Crippen LogP contribution in [0, 0.1) is 0 Å². The summed E-state index contributed by atoms with van der Waals surface area (Å²) in [6.45, 7) is 7.38. The van der Waals surface area contributed by atoms with E-state index in [0.29, 0.717) is 6.54 Å². The van der Waals surface area contributed by atoms with E-state index >= 15 is 0 Å². The lowest BCUT2D eigenvalue weighted by molar-refractivity contribution is 0.505. The van der Waals surface area contributed by atoms with E-state index in [1.807, 2.05) is 0 Å². The van der Waals surface area contributed by atoms with Gasteiger partial charge in [0, 0.05) is 6.54 Å². The van der Waals surface area contributed by atoms with E-state index in [0.717, 1.165) is 6.42 Å². The molecule has 0 saturated carbocycles. The highest BCUT2D eigenvalue weighted by Gasteiger charge is 2.17. The van der Waals surface area contributed by atoms with Gasteiger partial charge in [0.05, 0.1) is 0 Å². The van der Waals surface area contributed by atoms with Gasteiger partial charge in [-0.05, 0) is 23.0 Å². The molecule has 0 unspecified atom stereocenters. The second-order valence-corrected chi connectivity index (χ2v) is 4.14. The fourth-order valence-corrected chi connectivity index (χ4v) is 1.32. The van der Waals surface area contributed by atoms with Gasteiger partial charge in [0.25, 0.3) is 0 Å². The third kappa shape index (κ3) is 2.31. The van der Waals surface area contributed by atoms with Crippen LogP contribution in [-0.2, 0) is 12.0 Å². The van der Waals surface area contributed by atoms with Crippen LogP contribution in [-0.4, -0.2) is 0 Å². The molecule has 1 aromatic rings. The normalized spacial score (nSPS) is 11.7. The Morgan fingerprint density at radius 2 is 2.00 bits per heavy atom. The van der Waals surface area contributed by atoms with E-state index in [-0.39, 0.29) is 5.41 Å². The Balaban J connectivity index is 3.01. The van der Waals surface area contributed by atoms with E-state index in [9.17, 15) is 0 Å². The van der Waals surface area contributed by atoms with Crippen LogP contribution in [0.1, 0.15) is 38.3 Å². The van der Waals surface area contributed by atoms with Crippen molar-refractivity contribution in [3.8, 4) is 0 Å². The Morgan fingerprint density at radius 1 is 1.31 bits per heavy atom. The molecule has 0 aliphatic heterocycles. The van der Waals surface area contributed by atoms with Gasteiger partial charge in [-0.3, -0.25) is 0 Å². The minimum absolute atomic E-state index is 0.269. The molecule has 0 amide bonds. The van der Waals surface area contributed by atoms with Gasteiger partial charge in [-0.2, -0.15) is 0 Å². The third-order valence-electron chi connectivity index (χ3n) is 2.83. The van der Waals surface area contributed by atoms with Crippen LogP contribution in [0.3, 0.4) is 0 Å². The number of hydrogen-bond donors (Lipinski definition) is 1. The average molecular weight is 177 g/mol. The van der Waals surface area contributed by atoms with Gasteiger partial charge in [-0.15, -0.1) is 0 Å². The van der Waals surface area contributed by atoms with Crippen molar-refractivity contribution in [3.05, 3.63) is 35.4 Å².